The quantitative estimate of drug-likeness (QED) is 0.421. The predicted molar refractivity (Wildman–Crippen MR) is 40.7 cm³/mol. The maximum atomic E-state index is 10.9. The number of nitrogens with zero attached hydrogens (tertiary/aromatic N) is 1. The van der Waals surface area contributed by atoms with E-state index in [9.17, 15) is 9.59 Å². The third-order valence-corrected chi connectivity index (χ3v) is 0.875. The molecule has 56 valence electrons. The zero-order valence-electron chi connectivity index (χ0n) is 6.42. The van der Waals surface area contributed by atoms with E-state index in [0.29, 0.717) is 0 Å². The molecule has 0 aliphatic heterocycles. The fraction of sp³-hybridized carbons (Fsp3) is 0.500. The lowest BCUT2D eigenvalue weighted by molar-refractivity contribution is -0.683. The average Bonchev–Trinajstić information content (AvgIpc) is 1.85. The Balaban J connectivity index is 3.99. The van der Waals surface area contributed by atoms with Crippen molar-refractivity contribution >= 4 is 28.0 Å². The maximum Gasteiger partial charge on any atom is 0.490 e. The molecule has 0 fully saturated rings. The van der Waals surface area contributed by atoms with Gasteiger partial charge in [0, 0.05) is 0 Å². The molecular weight excluding hydrogens is 144 g/mol. The van der Waals surface area contributed by atoms with Gasteiger partial charge in [0.05, 0.1) is 14.1 Å². The summed E-state index contributed by atoms with van der Waals surface area (Å²) in [4.78, 5) is 21.3. The number of quaternary nitrogens is 1. The molecule has 5 nitrogen and oxygen atoms in total. The van der Waals surface area contributed by atoms with E-state index in [1.165, 1.54) is 14.1 Å². The van der Waals surface area contributed by atoms with Crippen molar-refractivity contribution in [3.63, 3.8) is 0 Å². The average molecular weight is 152 g/mol. The molecule has 0 aliphatic rings. The standard InChI is InChI=1S/C4H8B2N3O2/c1-9(2,6)4(11)7-3(10)8-5/h1-2H3,(H2,7,8,10,11)/q+1. The van der Waals surface area contributed by atoms with E-state index in [4.69, 9.17) is 16.0 Å². The topological polar surface area (TPSA) is 58.2 Å². The van der Waals surface area contributed by atoms with Gasteiger partial charge in [0.2, 0.25) is 7.98 Å². The minimum Gasteiger partial charge on any atom is -0.391 e. The SMILES string of the molecule is [B]NC(=O)NC(=O)[N+]([B])(C)C. The summed E-state index contributed by atoms with van der Waals surface area (Å²) >= 11 is 0. The Morgan fingerprint density at radius 1 is 1.36 bits per heavy atom. The zero-order valence-corrected chi connectivity index (χ0v) is 6.42. The molecule has 0 aromatic carbocycles. The summed E-state index contributed by atoms with van der Waals surface area (Å²) in [5.74, 6) is 0. The second-order valence-corrected chi connectivity index (χ2v) is 2.44. The van der Waals surface area contributed by atoms with Crippen LogP contribution in [-0.2, 0) is 0 Å². The molecule has 0 aromatic rings. The Labute approximate surface area is 67.6 Å². The monoisotopic (exact) mass is 152 g/mol. The van der Waals surface area contributed by atoms with Crippen molar-refractivity contribution < 1.29 is 14.0 Å². The van der Waals surface area contributed by atoms with Crippen molar-refractivity contribution in [3.8, 4) is 0 Å². The summed E-state index contributed by atoms with van der Waals surface area (Å²) < 4.78 is -0.479. The smallest absolute Gasteiger partial charge is 0.391 e. The number of imide groups is 1. The summed E-state index contributed by atoms with van der Waals surface area (Å²) in [5, 5.41) is 3.63. The number of amides is 4. The van der Waals surface area contributed by atoms with Gasteiger partial charge in [0.15, 0.2) is 0 Å². The van der Waals surface area contributed by atoms with Gasteiger partial charge in [-0.3, -0.25) is 0 Å². The highest BCUT2D eigenvalue weighted by Gasteiger charge is 2.22. The van der Waals surface area contributed by atoms with Crippen LogP contribution in [0.2, 0.25) is 0 Å². The predicted octanol–water partition coefficient (Wildman–Crippen LogP) is -1.35. The van der Waals surface area contributed by atoms with Crippen LogP contribution in [0.15, 0.2) is 0 Å². The molecule has 4 radical (unpaired) electrons. The first-order chi connectivity index (χ1) is 4.88. The molecule has 0 atom stereocenters. The zero-order chi connectivity index (χ0) is 9.07. The van der Waals surface area contributed by atoms with Gasteiger partial charge >= 0.3 is 20.0 Å². The van der Waals surface area contributed by atoms with Crippen LogP contribution in [0.25, 0.3) is 0 Å². The lowest BCUT2D eigenvalue weighted by Crippen LogP contribution is -2.53. The third-order valence-electron chi connectivity index (χ3n) is 0.875. The van der Waals surface area contributed by atoms with E-state index in [0.717, 1.165) is 0 Å². The highest BCUT2D eigenvalue weighted by Crippen LogP contribution is 1.88. The van der Waals surface area contributed by atoms with E-state index in [1.54, 1.807) is 5.23 Å². The van der Waals surface area contributed by atoms with Crippen molar-refractivity contribution in [1.29, 1.82) is 0 Å². The number of rotatable bonds is 0. The van der Waals surface area contributed by atoms with Crippen LogP contribution >= 0.6 is 0 Å². The van der Waals surface area contributed by atoms with Crippen molar-refractivity contribution in [2.75, 3.05) is 14.1 Å². The first-order valence-corrected chi connectivity index (χ1v) is 2.82. The molecule has 11 heavy (non-hydrogen) atoms. The first kappa shape index (κ1) is 10.0. The van der Waals surface area contributed by atoms with Crippen molar-refractivity contribution in [2.24, 2.45) is 0 Å². The maximum absolute atomic E-state index is 10.9. The Hall–Kier alpha value is -0.970. The second kappa shape index (κ2) is 3.43. The molecule has 2 N–H and O–H groups in total. The van der Waals surface area contributed by atoms with Gasteiger partial charge < -0.3 is 9.62 Å². The summed E-state index contributed by atoms with van der Waals surface area (Å²) in [7, 11) is 12.8. The van der Waals surface area contributed by atoms with E-state index in [1.807, 2.05) is 5.32 Å². The van der Waals surface area contributed by atoms with Gasteiger partial charge in [0.1, 0.15) is 0 Å². The van der Waals surface area contributed by atoms with E-state index in [2.05, 4.69) is 0 Å². The number of urea groups is 2. The van der Waals surface area contributed by atoms with Crippen LogP contribution in [0.5, 0.6) is 0 Å². The number of nitrogens with one attached hydrogen (secondary N) is 2. The van der Waals surface area contributed by atoms with E-state index >= 15 is 0 Å². The lowest BCUT2D eigenvalue weighted by Gasteiger charge is -2.20. The fourth-order valence-corrected chi connectivity index (χ4v) is 0.277. The molecule has 0 saturated heterocycles. The largest absolute Gasteiger partial charge is 0.490 e. The van der Waals surface area contributed by atoms with E-state index < -0.39 is 16.5 Å². The Morgan fingerprint density at radius 3 is 2.09 bits per heavy atom. The van der Waals surface area contributed by atoms with Gasteiger partial charge in [-0.25, -0.2) is 14.9 Å². The van der Waals surface area contributed by atoms with Gasteiger partial charge in [-0.15, -0.1) is 0 Å². The van der Waals surface area contributed by atoms with Crippen LogP contribution in [0.3, 0.4) is 0 Å². The number of carbonyl (C=O) groups is 2. The lowest BCUT2D eigenvalue weighted by atomic mass is 10.3. The summed E-state index contributed by atoms with van der Waals surface area (Å²) in [6.07, 6.45) is 0. The third kappa shape index (κ3) is 3.67. The van der Waals surface area contributed by atoms with Crippen LogP contribution in [0, 0.1) is 0 Å². The normalized spacial score (nSPS) is 10.4. The molecule has 0 unspecified atom stereocenters. The molecule has 0 spiro atoms. The van der Waals surface area contributed by atoms with Gasteiger partial charge in [-0.05, 0) is 0 Å². The molecule has 0 heterocycles. The summed E-state index contributed by atoms with van der Waals surface area (Å²) in [5.41, 5.74) is 0. The molecule has 0 rings (SSSR count). The van der Waals surface area contributed by atoms with Crippen molar-refractivity contribution in [2.45, 2.75) is 0 Å². The molecule has 0 aromatic heterocycles. The number of carbonyl (C=O) groups excluding carboxylic acids is 2. The number of hydrogen-bond donors (Lipinski definition) is 2. The van der Waals surface area contributed by atoms with Crippen LogP contribution < -0.4 is 10.5 Å². The first-order valence-electron chi connectivity index (χ1n) is 2.82. The number of hydrogen-bond acceptors (Lipinski definition) is 2. The minimum atomic E-state index is -0.786. The van der Waals surface area contributed by atoms with Gasteiger partial charge in [-0.2, -0.15) is 0 Å². The van der Waals surface area contributed by atoms with Crippen LogP contribution in [-0.4, -0.2) is 46.5 Å². The minimum absolute atomic E-state index is 0.479. The molecule has 0 bridgehead atoms. The molecule has 0 aliphatic carbocycles. The molecule has 0 saturated carbocycles. The molecular formula is C4H8B2N3O2+. The Kier molecular flexibility index (Phi) is 3.13. The van der Waals surface area contributed by atoms with Gasteiger partial charge in [0.25, 0.3) is 0 Å². The van der Waals surface area contributed by atoms with Gasteiger partial charge in [-0.1, -0.05) is 0 Å². The molecule has 7 heteroatoms. The summed E-state index contributed by atoms with van der Waals surface area (Å²) in [6, 6.07) is -1.43. The second-order valence-electron chi connectivity index (χ2n) is 2.44. The van der Waals surface area contributed by atoms with Crippen molar-refractivity contribution in [1.82, 2.24) is 10.5 Å². The van der Waals surface area contributed by atoms with Crippen LogP contribution in [0.1, 0.15) is 0 Å². The molecule has 4 amide bonds. The Bertz CT molecular complexity index is 177. The highest BCUT2D eigenvalue weighted by molar-refractivity contribution is 6.16. The Morgan fingerprint density at radius 2 is 1.82 bits per heavy atom. The summed E-state index contributed by atoms with van der Waals surface area (Å²) in [6.45, 7) is 0. The fourth-order valence-electron chi connectivity index (χ4n) is 0.277. The van der Waals surface area contributed by atoms with Crippen LogP contribution in [0.4, 0.5) is 9.59 Å². The highest BCUT2D eigenvalue weighted by atomic mass is 16.2. The van der Waals surface area contributed by atoms with E-state index in [-0.39, 0.29) is 0 Å². The van der Waals surface area contributed by atoms with Crippen molar-refractivity contribution in [3.05, 3.63) is 0 Å².